The van der Waals surface area contributed by atoms with E-state index in [0.29, 0.717) is 23.0 Å². The molecule has 1 amide bonds. The van der Waals surface area contributed by atoms with Gasteiger partial charge < -0.3 is 10.4 Å². The monoisotopic (exact) mass is 447 g/mol. The van der Waals surface area contributed by atoms with E-state index in [-0.39, 0.29) is 30.7 Å². The summed E-state index contributed by atoms with van der Waals surface area (Å²) in [5.74, 6) is -1.46. The molecule has 0 radical (unpaired) electrons. The number of Topliss-reactive ketones (excluding diaryl/α,β-unsaturated/α-hetero) is 1. The third-order valence-electron chi connectivity index (χ3n) is 4.63. The third-order valence-corrected chi connectivity index (χ3v) is 4.89. The first kappa shape index (κ1) is 24.3. The predicted molar refractivity (Wildman–Crippen MR) is 117 cm³/mol. The van der Waals surface area contributed by atoms with E-state index in [1.54, 1.807) is 24.3 Å². The van der Waals surface area contributed by atoms with Gasteiger partial charge in [-0.1, -0.05) is 43.5 Å². The molecule has 2 aromatic rings. The standard InChI is InChI=1S/C22H26ClN3O5/c1-2-3-4-5-19-25-18(15-6-8-16(23)9-7-15)12-21(29)26(19)14-17(27)10-11-20(28)24-13-22(30)31/h6-9,12H,2-5,10-11,13-14H2,1H3,(H,24,28)(H,30,31). The highest BCUT2D eigenvalue weighted by atomic mass is 35.5. The lowest BCUT2D eigenvalue weighted by Crippen LogP contribution is -2.31. The van der Waals surface area contributed by atoms with Gasteiger partial charge in [-0.15, -0.1) is 0 Å². The molecule has 0 bridgehead atoms. The molecule has 0 saturated carbocycles. The minimum Gasteiger partial charge on any atom is -0.480 e. The zero-order chi connectivity index (χ0) is 22.8. The summed E-state index contributed by atoms with van der Waals surface area (Å²) in [4.78, 5) is 51.9. The largest absolute Gasteiger partial charge is 0.480 e. The van der Waals surface area contributed by atoms with Gasteiger partial charge in [0.25, 0.3) is 5.56 Å². The van der Waals surface area contributed by atoms with E-state index in [0.717, 1.165) is 24.8 Å². The number of aryl methyl sites for hydroxylation is 1. The van der Waals surface area contributed by atoms with E-state index >= 15 is 0 Å². The van der Waals surface area contributed by atoms with Gasteiger partial charge in [-0.05, 0) is 18.6 Å². The normalized spacial score (nSPS) is 10.6. The molecule has 8 nitrogen and oxygen atoms in total. The molecule has 31 heavy (non-hydrogen) atoms. The van der Waals surface area contributed by atoms with Crippen molar-refractivity contribution in [3.8, 4) is 11.3 Å². The Morgan fingerprint density at radius 1 is 1.13 bits per heavy atom. The van der Waals surface area contributed by atoms with Gasteiger partial charge in [-0.3, -0.25) is 23.7 Å². The Balaban J connectivity index is 2.17. The lowest BCUT2D eigenvalue weighted by molar-refractivity contribution is -0.138. The average molecular weight is 448 g/mol. The van der Waals surface area contributed by atoms with Crippen LogP contribution in [-0.2, 0) is 27.3 Å². The van der Waals surface area contributed by atoms with Crippen LogP contribution in [0.1, 0.15) is 44.9 Å². The average Bonchev–Trinajstić information content (AvgIpc) is 2.73. The maximum atomic E-state index is 12.8. The highest BCUT2D eigenvalue weighted by molar-refractivity contribution is 6.30. The summed E-state index contributed by atoms with van der Waals surface area (Å²) in [7, 11) is 0. The summed E-state index contributed by atoms with van der Waals surface area (Å²) < 4.78 is 1.35. The molecular weight excluding hydrogens is 422 g/mol. The molecule has 0 atom stereocenters. The number of ketones is 1. The van der Waals surface area contributed by atoms with Crippen LogP contribution < -0.4 is 10.9 Å². The smallest absolute Gasteiger partial charge is 0.322 e. The molecular formula is C22H26ClN3O5. The molecule has 0 aliphatic heterocycles. The van der Waals surface area contributed by atoms with Crippen LogP contribution in [0.25, 0.3) is 11.3 Å². The molecule has 1 aromatic heterocycles. The topological polar surface area (TPSA) is 118 Å². The van der Waals surface area contributed by atoms with Crippen molar-refractivity contribution < 1.29 is 19.5 Å². The molecule has 1 aromatic carbocycles. The van der Waals surface area contributed by atoms with E-state index in [4.69, 9.17) is 16.7 Å². The van der Waals surface area contributed by atoms with Crippen molar-refractivity contribution in [2.45, 2.75) is 52.0 Å². The maximum Gasteiger partial charge on any atom is 0.322 e. The van der Waals surface area contributed by atoms with E-state index in [1.165, 1.54) is 10.6 Å². The fourth-order valence-corrected chi connectivity index (χ4v) is 3.11. The van der Waals surface area contributed by atoms with E-state index in [1.807, 2.05) is 0 Å². The number of rotatable bonds is 12. The highest BCUT2D eigenvalue weighted by Gasteiger charge is 2.15. The van der Waals surface area contributed by atoms with Gasteiger partial charge in [0, 0.05) is 35.9 Å². The number of nitrogens with one attached hydrogen (secondary N) is 1. The molecule has 2 N–H and O–H groups in total. The van der Waals surface area contributed by atoms with Crippen LogP contribution in [0.3, 0.4) is 0 Å². The van der Waals surface area contributed by atoms with E-state index < -0.39 is 18.4 Å². The molecule has 0 unspecified atom stereocenters. The molecule has 166 valence electrons. The molecule has 1 heterocycles. The number of carbonyl (C=O) groups is 3. The van der Waals surface area contributed by atoms with Crippen LogP contribution in [0.2, 0.25) is 5.02 Å². The van der Waals surface area contributed by atoms with Crippen molar-refractivity contribution in [2.75, 3.05) is 6.54 Å². The maximum absolute atomic E-state index is 12.8. The highest BCUT2D eigenvalue weighted by Crippen LogP contribution is 2.19. The van der Waals surface area contributed by atoms with Crippen LogP contribution in [0.5, 0.6) is 0 Å². The summed E-state index contributed by atoms with van der Waals surface area (Å²) in [6, 6.07) is 8.40. The zero-order valence-electron chi connectivity index (χ0n) is 17.4. The first-order valence-electron chi connectivity index (χ1n) is 10.2. The fourth-order valence-electron chi connectivity index (χ4n) is 2.99. The number of unbranched alkanes of at least 4 members (excludes halogenated alkanes) is 2. The van der Waals surface area contributed by atoms with Crippen molar-refractivity contribution in [1.29, 1.82) is 0 Å². The Bertz CT molecular complexity index is 986. The van der Waals surface area contributed by atoms with Crippen LogP contribution in [0.4, 0.5) is 0 Å². The van der Waals surface area contributed by atoms with Gasteiger partial charge in [0.05, 0.1) is 12.2 Å². The summed E-state index contributed by atoms with van der Waals surface area (Å²) >= 11 is 5.93. The van der Waals surface area contributed by atoms with Crippen LogP contribution in [0, 0.1) is 0 Å². The van der Waals surface area contributed by atoms with E-state index in [9.17, 15) is 19.2 Å². The zero-order valence-corrected chi connectivity index (χ0v) is 18.2. The number of nitrogens with zero attached hydrogens (tertiary/aromatic N) is 2. The molecule has 0 saturated heterocycles. The lowest BCUT2D eigenvalue weighted by Gasteiger charge is -2.13. The SMILES string of the molecule is CCCCCc1nc(-c2ccc(Cl)cc2)cc(=O)n1CC(=O)CCC(=O)NCC(=O)O. The van der Waals surface area contributed by atoms with Gasteiger partial charge in [0.2, 0.25) is 5.91 Å². The van der Waals surface area contributed by atoms with Crippen molar-refractivity contribution in [3.05, 3.63) is 51.5 Å². The number of carboxylic acid groups (broad SMARTS) is 1. The number of carboxylic acids is 1. The van der Waals surface area contributed by atoms with Gasteiger partial charge in [0.1, 0.15) is 12.4 Å². The number of amides is 1. The van der Waals surface area contributed by atoms with Gasteiger partial charge in [-0.25, -0.2) is 4.98 Å². The molecule has 2 rings (SSSR count). The number of hydrogen-bond donors (Lipinski definition) is 2. The second-order valence-corrected chi connectivity index (χ2v) is 7.59. The van der Waals surface area contributed by atoms with Crippen molar-refractivity contribution >= 4 is 29.3 Å². The van der Waals surface area contributed by atoms with Crippen LogP contribution in [-0.4, -0.2) is 38.9 Å². The van der Waals surface area contributed by atoms with Crippen molar-refractivity contribution in [1.82, 2.24) is 14.9 Å². The van der Waals surface area contributed by atoms with Crippen LogP contribution in [0.15, 0.2) is 35.1 Å². The van der Waals surface area contributed by atoms with Gasteiger partial charge in [-0.2, -0.15) is 0 Å². The Hall–Kier alpha value is -3.00. The number of hydrogen-bond acceptors (Lipinski definition) is 5. The molecule has 0 spiro atoms. The predicted octanol–water partition coefficient (Wildman–Crippen LogP) is 2.85. The Kier molecular flexibility index (Phi) is 9.40. The first-order valence-corrected chi connectivity index (χ1v) is 10.5. The van der Waals surface area contributed by atoms with Crippen LogP contribution >= 0.6 is 11.6 Å². The van der Waals surface area contributed by atoms with Crippen molar-refractivity contribution in [3.63, 3.8) is 0 Å². The molecule has 0 aliphatic carbocycles. The molecule has 0 fully saturated rings. The molecule has 9 heteroatoms. The third kappa shape index (κ3) is 7.97. The van der Waals surface area contributed by atoms with Gasteiger partial charge >= 0.3 is 5.97 Å². The number of carbonyl (C=O) groups excluding carboxylic acids is 2. The quantitative estimate of drug-likeness (QED) is 0.483. The number of halogens is 1. The second kappa shape index (κ2) is 12.0. The first-order chi connectivity index (χ1) is 14.8. The lowest BCUT2D eigenvalue weighted by atomic mass is 10.1. The summed E-state index contributed by atoms with van der Waals surface area (Å²) in [5, 5.41) is 11.4. The number of aliphatic carboxylic acids is 1. The Morgan fingerprint density at radius 2 is 1.84 bits per heavy atom. The summed E-state index contributed by atoms with van der Waals surface area (Å²) in [6.45, 7) is 1.40. The summed E-state index contributed by atoms with van der Waals surface area (Å²) in [5.41, 5.74) is 0.937. The Morgan fingerprint density at radius 3 is 2.48 bits per heavy atom. The van der Waals surface area contributed by atoms with Gasteiger partial charge in [0.15, 0.2) is 5.78 Å². The summed E-state index contributed by atoms with van der Waals surface area (Å²) in [6.07, 6.45) is 3.13. The van der Waals surface area contributed by atoms with E-state index in [2.05, 4.69) is 17.2 Å². The minimum absolute atomic E-state index is 0.0920. The molecule has 0 aliphatic rings. The fraction of sp³-hybridized carbons (Fsp3) is 0.409. The number of benzene rings is 1. The Labute approximate surface area is 185 Å². The number of aromatic nitrogens is 2. The van der Waals surface area contributed by atoms with Crippen molar-refractivity contribution in [2.24, 2.45) is 0 Å². The second-order valence-electron chi connectivity index (χ2n) is 7.16. The minimum atomic E-state index is -1.16.